The molecule has 3 rings (SSSR count). The molecular formula is C28H26F3NO. The number of nitriles is 1. The molecule has 3 aromatic carbocycles. The summed E-state index contributed by atoms with van der Waals surface area (Å²) in [6.45, 7) is 2.63. The fourth-order valence-electron chi connectivity index (χ4n) is 3.56. The molecule has 0 radical (unpaired) electrons. The Labute approximate surface area is 193 Å². The number of aryl methyl sites for hydroxylation is 4. The largest absolute Gasteiger partial charge is 0.493 e. The van der Waals surface area contributed by atoms with Gasteiger partial charge in [-0.1, -0.05) is 36.4 Å². The quantitative estimate of drug-likeness (QED) is 0.249. The van der Waals surface area contributed by atoms with Crippen LogP contribution in [0, 0.1) is 28.8 Å². The maximum absolute atomic E-state index is 14.6. The topological polar surface area (TPSA) is 33.0 Å². The molecule has 0 aliphatic carbocycles. The predicted molar refractivity (Wildman–Crippen MR) is 124 cm³/mol. The van der Waals surface area contributed by atoms with Crippen LogP contribution in [0.1, 0.15) is 41.2 Å². The number of benzene rings is 3. The van der Waals surface area contributed by atoms with E-state index in [1.165, 1.54) is 12.1 Å². The second-order valence-electron chi connectivity index (χ2n) is 7.82. The number of ether oxygens (including phenoxy) is 1. The van der Waals surface area contributed by atoms with Crippen LogP contribution in [0.5, 0.6) is 5.75 Å². The first-order valence-electron chi connectivity index (χ1n) is 11.0. The van der Waals surface area contributed by atoms with Crippen molar-refractivity contribution in [1.82, 2.24) is 0 Å². The number of nitrogens with zero attached hydrogens (tertiary/aromatic N) is 1. The van der Waals surface area contributed by atoms with Crippen LogP contribution < -0.4 is 4.74 Å². The molecule has 0 N–H and O–H groups in total. The van der Waals surface area contributed by atoms with Gasteiger partial charge in [0.25, 0.3) is 0 Å². The highest BCUT2D eigenvalue weighted by Crippen LogP contribution is 2.19. The van der Waals surface area contributed by atoms with Gasteiger partial charge in [-0.3, -0.25) is 0 Å². The first-order valence-corrected chi connectivity index (χ1v) is 11.0. The normalized spacial score (nSPS) is 11.0. The summed E-state index contributed by atoms with van der Waals surface area (Å²) in [5, 5.41) is 8.75. The molecule has 0 aromatic heterocycles. The average Bonchev–Trinajstić information content (AvgIpc) is 2.80. The zero-order valence-corrected chi connectivity index (χ0v) is 18.6. The lowest BCUT2D eigenvalue weighted by Crippen LogP contribution is -2.00. The summed E-state index contributed by atoms with van der Waals surface area (Å²) in [6, 6.07) is 16.8. The summed E-state index contributed by atoms with van der Waals surface area (Å²) in [5.74, 6) is -1.28. The van der Waals surface area contributed by atoms with Crippen LogP contribution in [0.3, 0.4) is 0 Å². The van der Waals surface area contributed by atoms with E-state index in [1.54, 1.807) is 6.07 Å². The molecule has 0 saturated heterocycles. The minimum Gasteiger partial charge on any atom is -0.493 e. The maximum Gasteiger partial charge on any atom is 0.144 e. The third-order valence-electron chi connectivity index (χ3n) is 5.43. The molecule has 0 aliphatic heterocycles. The Balaban J connectivity index is 1.53. The Morgan fingerprint density at radius 3 is 2.03 bits per heavy atom. The summed E-state index contributed by atoms with van der Waals surface area (Å²) in [4.78, 5) is 0. The predicted octanol–water partition coefficient (Wildman–Crippen LogP) is 6.89. The molecule has 0 spiro atoms. The lowest BCUT2D eigenvalue weighted by atomic mass is 9.99. The van der Waals surface area contributed by atoms with E-state index in [9.17, 15) is 13.2 Å². The van der Waals surface area contributed by atoms with Crippen molar-refractivity contribution >= 4 is 0 Å². The van der Waals surface area contributed by atoms with Crippen molar-refractivity contribution in [3.05, 3.63) is 112 Å². The van der Waals surface area contributed by atoms with E-state index in [1.807, 2.05) is 43.3 Å². The molecule has 5 heteroatoms. The fraction of sp³-hybridized carbons (Fsp3) is 0.250. The number of rotatable bonds is 10. The Kier molecular flexibility index (Phi) is 8.71. The molecule has 2 nitrogen and oxygen atoms in total. The highest BCUT2D eigenvalue weighted by atomic mass is 19.1. The smallest absolute Gasteiger partial charge is 0.144 e. The highest BCUT2D eigenvalue weighted by molar-refractivity contribution is 5.36. The van der Waals surface area contributed by atoms with Gasteiger partial charge in [0.05, 0.1) is 6.61 Å². The van der Waals surface area contributed by atoms with Crippen molar-refractivity contribution in [1.29, 1.82) is 5.26 Å². The van der Waals surface area contributed by atoms with Crippen LogP contribution in [-0.2, 0) is 25.7 Å². The minimum atomic E-state index is -0.892. The second-order valence-corrected chi connectivity index (χ2v) is 7.82. The Hall–Kier alpha value is -3.52. The van der Waals surface area contributed by atoms with Crippen LogP contribution in [0.25, 0.3) is 0 Å². The number of hydrogen-bond acceptors (Lipinski definition) is 2. The molecular weight excluding hydrogens is 423 g/mol. The van der Waals surface area contributed by atoms with Crippen LogP contribution in [-0.4, -0.2) is 6.61 Å². The van der Waals surface area contributed by atoms with Crippen LogP contribution in [0.4, 0.5) is 13.2 Å². The molecule has 0 unspecified atom stereocenters. The van der Waals surface area contributed by atoms with Gasteiger partial charge >= 0.3 is 0 Å². The average molecular weight is 450 g/mol. The molecule has 0 atom stereocenters. The molecule has 170 valence electrons. The van der Waals surface area contributed by atoms with Crippen molar-refractivity contribution in [3.63, 3.8) is 0 Å². The second kappa shape index (κ2) is 11.9. The van der Waals surface area contributed by atoms with Crippen molar-refractivity contribution in [2.45, 2.75) is 39.0 Å². The SMILES string of the molecule is C/C=C/CCOc1ccc(CCc2ccc(CCc3cc(F)c(C#N)c(F)c3)c(F)c2)cc1. The Morgan fingerprint density at radius 1 is 0.788 bits per heavy atom. The third-order valence-corrected chi connectivity index (χ3v) is 5.43. The molecule has 0 fully saturated rings. The Bertz CT molecular complexity index is 1120. The molecule has 0 aliphatic rings. The summed E-state index contributed by atoms with van der Waals surface area (Å²) >= 11 is 0. The van der Waals surface area contributed by atoms with Crippen LogP contribution >= 0.6 is 0 Å². The highest BCUT2D eigenvalue weighted by Gasteiger charge is 2.11. The number of allylic oxidation sites excluding steroid dienone is 1. The van der Waals surface area contributed by atoms with Gasteiger partial charge in [-0.05, 0) is 91.6 Å². The summed E-state index contributed by atoms with van der Waals surface area (Å²) in [7, 11) is 0. The van der Waals surface area contributed by atoms with Crippen molar-refractivity contribution in [3.8, 4) is 11.8 Å². The fourth-order valence-corrected chi connectivity index (χ4v) is 3.56. The van der Waals surface area contributed by atoms with Crippen LogP contribution in [0.15, 0.2) is 66.7 Å². The van der Waals surface area contributed by atoms with Gasteiger partial charge in [0, 0.05) is 0 Å². The van der Waals surface area contributed by atoms with E-state index in [0.717, 1.165) is 41.9 Å². The zero-order chi connectivity index (χ0) is 23.6. The van der Waals surface area contributed by atoms with Crippen molar-refractivity contribution in [2.24, 2.45) is 0 Å². The lowest BCUT2D eigenvalue weighted by molar-refractivity contribution is 0.325. The van der Waals surface area contributed by atoms with Gasteiger partial charge in [-0.15, -0.1) is 0 Å². The standard InChI is InChI=1S/C28H26F3NO/c1-2-3-4-15-33-24-13-9-20(10-14-24)5-6-21-7-11-23(26(29)16-21)12-8-22-17-27(30)25(19-32)28(31)18-22/h2-3,7,9-11,13-14,16-18H,4-6,8,12,15H2,1H3/b3-2+. The maximum atomic E-state index is 14.6. The Morgan fingerprint density at radius 2 is 1.39 bits per heavy atom. The van der Waals surface area contributed by atoms with Crippen molar-refractivity contribution in [2.75, 3.05) is 6.61 Å². The van der Waals surface area contributed by atoms with E-state index >= 15 is 0 Å². The minimum absolute atomic E-state index is 0.277. The van der Waals surface area contributed by atoms with E-state index < -0.39 is 17.2 Å². The first kappa shape index (κ1) is 24.1. The van der Waals surface area contributed by atoms with Gasteiger partial charge in [-0.2, -0.15) is 5.26 Å². The van der Waals surface area contributed by atoms with Gasteiger partial charge in [-0.25, -0.2) is 13.2 Å². The van der Waals surface area contributed by atoms with Gasteiger partial charge < -0.3 is 4.74 Å². The van der Waals surface area contributed by atoms with Gasteiger partial charge in [0.1, 0.15) is 34.8 Å². The summed E-state index contributed by atoms with van der Waals surface area (Å²) in [5.41, 5.74) is 2.31. The van der Waals surface area contributed by atoms with Gasteiger partial charge in [0.2, 0.25) is 0 Å². The first-order chi connectivity index (χ1) is 16.0. The monoisotopic (exact) mass is 449 g/mol. The van der Waals surface area contributed by atoms with E-state index in [2.05, 4.69) is 6.08 Å². The van der Waals surface area contributed by atoms with Gasteiger partial charge in [0.15, 0.2) is 0 Å². The molecule has 33 heavy (non-hydrogen) atoms. The van der Waals surface area contributed by atoms with E-state index in [4.69, 9.17) is 10.00 Å². The number of halogens is 3. The van der Waals surface area contributed by atoms with Crippen LogP contribution in [0.2, 0.25) is 0 Å². The molecule has 0 bridgehead atoms. The molecule has 0 amide bonds. The zero-order valence-electron chi connectivity index (χ0n) is 18.6. The third kappa shape index (κ3) is 6.98. The van der Waals surface area contributed by atoms with Crippen molar-refractivity contribution < 1.29 is 17.9 Å². The van der Waals surface area contributed by atoms with E-state index in [0.29, 0.717) is 30.6 Å². The summed E-state index contributed by atoms with van der Waals surface area (Å²) in [6.07, 6.45) is 7.00. The molecule has 0 heterocycles. The molecule has 3 aromatic rings. The lowest BCUT2D eigenvalue weighted by Gasteiger charge is -2.09. The molecule has 0 saturated carbocycles. The van der Waals surface area contributed by atoms with E-state index in [-0.39, 0.29) is 12.2 Å². The number of hydrogen-bond donors (Lipinski definition) is 0. The summed E-state index contributed by atoms with van der Waals surface area (Å²) < 4.78 is 47.8.